The van der Waals surface area contributed by atoms with E-state index in [0.29, 0.717) is 18.6 Å². The Morgan fingerprint density at radius 1 is 1.39 bits per heavy atom. The molecule has 2 rings (SSSR count). The summed E-state index contributed by atoms with van der Waals surface area (Å²) >= 11 is 0. The van der Waals surface area contributed by atoms with Gasteiger partial charge in [-0.1, -0.05) is 5.16 Å². The zero-order chi connectivity index (χ0) is 13.1. The molecular weight excluding hydrogens is 228 g/mol. The minimum Gasteiger partial charge on any atom is -0.360 e. The van der Waals surface area contributed by atoms with Gasteiger partial charge in [-0.3, -0.25) is 4.68 Å². The van der Waals surface area contributed by atoms with Crippen LogP contribution in [0.1, 0.15) is 36.9 Å². The summed E-state index contributed by atoms with van der Waals surface area (Å²) in [5.74, 6) is 0.864. The van der Waals surface area contributed by atoms with Crippen molar-refractivity contribution in [3.8, 4) is 0 Å². The molecule has 18 heavy (non-hydrogen) atoms. The zero-order valence-electron chi connectivity index (χ0n) is 11.3. The Balaban J connectivity index is 1.89. The summed E-state index contributed by atoms with van der Waals surface area (Å²) in [5.41, 5.74) is 2.09. The van der Waals surface area contributed by atoms with Gasteiger partial charge in [-0.2, -0.15) is 5.10 Å². The number of nitrogens with one attached hydrogen (secondary N) is 1. The molecule has 5 heteroatoms. The van der Waals surface area contributed by atoms with E-state index in [4.69, 9.17) is 4.52 Å². The second kappa shape index (κ2) is 5.35. The van der Waals surface area contributed by atoms with Gasteiger partial charge in [-0.05, 0) is 33.3 Å². The molecule has 0 spiro atoms. The van der Waals surface area contributed by atoms with Crippen LogP contribution < -0.4 is 5.32 Å². The van der Waals surface area contributed by atoms with Gasteiger partial charge in [0, 0.05) is 18.3 Å². The molecule has 0 aliphatic carbocycles. The molecule has 0 aliphatic rings. The molecule has 5 nitrogen and oxygen atoms in total. The van der Waals surface area contributed by atoms with Crippen LogP contribution in [0.3, 0.4) is 0 Å². The Kier molecular flexibility index (Phi) is 3.81. The third-order valence-electron chi connectivity index (χ3n) is 3.15. The summed E-state index contributed by atoms with van der Waals surface area (Å²) in [4.78, 5) is 0. The molecule has 0 amide bonds. The number of aromatic nitrogens is 3. The number of hydrogen-bond acceptors (Lipinski definition) is 4. The van der Waals surface area contributed by atoms with E-state index in [0.717, 1.165) is 11.5 Å². The fourth-order valence-corrected chi connectivity index (χ4v) is 1.82. The number of hydrogen-bond donors (Lipinski definition) is 1. The lowest BCUT2D eigenvalue weighted by Gasteiger charge is -2.21. The van der Waals surface area contributed by atoms with Crippen LogP contribution in [0.4, 0.5) is 0 Å². The van der Waals surface area contributed by atoms with E-state index in [1.165, 1.54) is 5.56 Å². The lowest BCUT2D eigenvalue weighted by molar-refractivity contribution is 0.328. The van der Waals surface area contributed by atoms with Crippen molar-refractivity contribution in [3.63, 3.8) is 0 Å². The molecule has 0 bridgehead atoms. The van der Waals surface area contributed by atoms with Gasteiger partial charge >= 0.3 is 0 Å². The van der Waals surface area contributed by atoms with Crippen molar-refractivity contribution in [2.24, 2.45) is 0 Å². The quantitative estimate of drug-likeness (QED) is 0.881. The molecule has 2 atom stereocenters. The number of nitrogens with zero attached hydrogens (tertiary/aromatic N) is 3. The Bertz CT molecular complexity index is 503. The van der Waals surface area contributed by atoms with E-state index >= 15 is 0 Å². The summed E-state index contributed by atoms with van der Waals surface area (Å²) in [6, 6.07) is 2.54. The van der Waals surface area contributed by atoms with Crippen molar-refractivity contribution >= 4 is 0 Å². The highest BCUT2D eigenvalue weighted by atomic mass is 16.5. The van der Waals surface area contributed by atoms with Crippen LogP contribution in [0.25, 0.3) is 0 Å². The number of aryl methyl sites for hydroxylation is 2. The highest BCUT2D eigenvalue weighted by Crippen LogP contribution is 2.11. The predicted molar refractivity (Wildman–Crippen MR) is 69.2 cm³/mol. The third kappa shape index (κ3) is 2.98. The maximum Gasteiger partial charge on any atom is 0.150 e. The fraction of sp³-hybridized carbons (Fsp3) is 0.538. The SMILES string of the molecule is Cc1cnn(C(C)C(C)NCc2cc(C)no2)c1. The lowest BCUT2D eigenvalue weighted by atomic mass is 10.1. The molecule has 0 saturated carbocycles. The van der Waals surface area contributed by atoms with E-state index in [9.17, 15) is 0 Å². The normalized spacial score (nSPS) is 14.7. The van der Waals surface area contributed by atoms with E-state index in [1.807, 2.05) is 30.8 Å². The fourth-order valence-electron chi connectivity index (χ4n) is 1.82. The number of rotatable bonds is 5. The van der Waals surface area contributed by atoms with Crippen molar-refractivity contribution in [1.29, 1.82) is 0 Å². The van der Waals surface area contributed by atoms with E-state index in [-0.39, 0.29) is 0 Å². The van der Waals surface area contributed by atoms with Gasteiger partial charge in [-0.15, -0.1) is 0 Å². The van der Waals surface area contributed by atoms with Crippen molar-refractivity contribution in [2.75, 3.05) is 0 Å². The molecule has 98 valence electrons. The molecule has 2 aromatic heterocycles. The molecule has 0 fully saturated rings. The minimum absolute atomic E-state index is 0.294. The van der Waals surface area contributed by atoms with Crippen LogP contribution in [0, 0.1) is 13.8 Å². The van der Waals surface area contributed by atoms with Crippen LogP contribution in [-0.4, -0.2) is 21.0 Å². The van der Waals surface area contributed by atoms with Crippen LogP contribution in [-0.2, 0) is 6.54 Å². The second-order valence-electron chi connectivity index (χ2n) is 4.84. The first-order valence-corrected chi connectivity index (χ1v) is 6.22. The highest BCUT2D eigenvalue weighted by Gasteiger charge is 2.14. The summed E-state index contributed by atoms with van der Waals surface area (Å²) in [6.45, 7) is 8.95. The van der Waals surface area contributed by atoms with Crippen molar-refractivity contribution < 1.29 is 4.52 Å². The first kappa shape index (κ1) is 12.8. The third-order valence-corrected chi connectivity index (χ3v) is 3.15. The zero-order valence-corrected chi connectivity index (χ0v) is 11.3. The van der Waals surface area contributed by atoms with Crippen molar-refractivity contribution in [1.82, 2.24) is 20.3 Å². The maximum atomic E-state index is 5.17. The van der Waals surface area contributed by atoms with Crippen LogP contribution in [0.2, 0.25) is 0 Å². The second-order valence-corrected chi connectivity index (χ2v) is 4.84. The van der Waals surface area contributed by atoms with Gasteiger partial charge in [0.05, 0.1) is 24.5 Å². The molecule has 0 radical (unpaired) electrons. The van der Waals surface area contributed by atoms with E-state index in [2.05, 4.69) is 35.6 Å². The molecule has 0 saturated heterocycles. The largest absolute Gasteiger partial charge is 0.360 e. The maximum absolute atomic E-state index is 5.17. The van der Waals surface area contributed by atoms with Gasteiger partial charge in [0.2, 0.25) is 0 Å². The monoisotopic (exact) mass is 248 g/mol. The molecule has 0 aliphatic heterocycles. The first-order valence-electron chi connectivity index (χ1n) is 6.22. The Morgan fingerprint density at radius 3 is 2.72 bits per heavy atom. The predicted octanol–water partition coefficient (Wildman–Crippen LogP) is 2.23. The van der Waals surface area contributed by atoms with Gasteiger partial charge in [0.15, 0.2) is 5.76 Å². The average Bonchev–Trinajstić information content (AvgIpc) is 2.94. The van der Waals surface area contributed by atoms with Crippen LogP contribution in [0.15, 0.2) is 23.0 Å². The van der Waals surface area contributed by atoms with Crippen molar-refractivity contribution in [2.45, 2.75) is 46.3 Å². The molecule has 2 unspecified atom stereocenters. The molecule has 0 aromatic carbocycles. The van der Waals surface area contributed by atoms with Crippen LogP contribution >= 0.6 is 0 Å². The molecule has 2 heterocycles. The van der Waals surface area contributed by atoms with E-state index < -0.39 is 0 Å². The topological polar surface area (TPSA) is 55.9 Å². The van der Waals surface area contributed by atoms with Crippen molar-refractivity contribution in [3.05, 3.63) is 35.5 Å². The smallest absolute Gasteiger partial charge is 0.150 e. The van der Waals surface area contributed by atoms with Gasteiger partial charge in [0.1, 0.15) is 0 Å². The van der Waals surface area contributed by atoms with Crippen LogP contribution in [0.5, 0.6) is 0 Å². The molecule has 2 aromatic rings. The molecular formula is C13H20N4O. The van der Waals surface area contributed by atoms with Gasteiger partial charge in [0.25, 0.3) is 0 Å². The Labute approximate surface area is 107 Å². The van der Waals surface area contributed by atoms with E-state index in [1.54, 1.807) is 0 Å². The highest BCUT2D eigenvalue weighted by molar-refractivity contribution is 5.03. The van der Waals surface area contributed by atoms with Gasteiger partial charge in [-0.25, -0.2) is 0 Å². The standard InChI is InChI=1S/C13H20N4O/c1-9-6-15-17(8-9)12(4)11(3)14-7-13-5-10(2)16-18-13/h5-6,8,11-12,14H,7H2,1-4H3. The summed E-state index contributed by atoms with van der Waals surface area (Å²) in [7, 11) is 0. The minimum atomic E-state index is 0.294. The Hall–Kier alpha value is -1.62. The summed E-state index contributed by atoms with van der Waals surface area (Å²) in [6.07, 6.45) is 3.93. The Morgan fingerprint density at radius 2 is 2.17 bits per heavy atom. The summed E-state index contributed by atoms with van der Waals surface area (Å²) in [5, 5.41) is 11.6. The average molecular weight is 248 g/mol. The first-order chi connectivity index (χ1) is 8.56. The summed E-state index contributed by atoms with van der Waals surface area (Å²) < 4.78 is 7.15. The molecule has 1 N–H and O–H groups in total. The van der Waals surface area contributed by atoms with Gasteiger partial charge < -0.3 is 9.84 Å². The lowest BCUT2D eigenvalue weighted by Crippen LogP contribution is -2.33.